The Balaban J connectivity index is 1.67. The quantitative estimate of drug-likeness (QED) is 0.801. The summed E-state index contributed by atoms with van der Waals surface area (Å²) in [5, 5.41) is 2.71. The Hall–Kier alpha value is -2.33. The zero-order valence-corrected chi connectivity index (χ0v) is 11.9. The van der Waals surface area contributed by atoms with Crippen LogP contribution in [0.15, 0.2) is 60.7 Å². The first-order valence-corrected chi connectivity index (χ1v) is 7.02. The number of nitrogens with one attached hydrogen (secondary N) is 1. The molecule has 0 radical (unpaired) electrons. The number of nitrogens with two attached hydrogens (primary N) is 1. The van der Waals surface area contributed by atoms with Crippen molar-refractivity contribution in [2.24, 2.45) is 5.73 Å². The van der Waals surface area contributed by atoms with E-state index in [1.54, 1.807) is 0 Å². The Labute approximate surface area is 124 Å². The monoisotopic (exact) mass is 284 g/mol. The second kappa shape index (κ2) is 8.07. The molecule has 21 heavy (non-hydrogen) atoms. The molecule has 0 saturated carbocycles. The number of carbonyl (C=O) groups is 1. The second-order valence-corrected chi connectivity index (χ2v) is 4.80. The van der Waals surface area contributed by atoms with Crippen LogP contribution in [0.25, 0.3) is 0 Å². The molecule has 0 spiro atoms. The number of benzene rings is 2. The molecule has 1 atom stereocenters. The van der Waals surface area contributed by atoms with Crippen LogP contribution in [0, 0.1) is 0 Å². The minimum absolute atomic E-state index is 0.477. The molecule has 1 unspecified atom stereocenters. The van der Waals surface area contributed by atoms with Crippen LogP contribution in [-0.2, 0) is 17.6 Å². The SMILES string of the molecule is NC(Cc1ccccc1)OC(=O)NCCc1ccccc1. The van der Waals surface area contributed by atoms with E-state index in [1.165, 1.54) is 5.56 Å². The fourth-order valence-corrected chi connectivity index (χ4v) is 2.02. The van der Waals surface area contributed by atoms with Crippen molar-refractivity contribution in [3.63, 3.8) is 0 Å². The minimum Gasteiger partial charge on any atom is -0.430 e. The van der Waals surface area contributed by atoms with E-state index in [4.69, 9.17) is 10.5 Å². The first-order chi connectivity index (χ1) is 10.2. The van der Waals surface area contributed by atoms with Gasteiger partial charge in [0.25, 0.3) is 0 Å². The summed E-state index contributed by atoms with van der Waals surface area (Å²) in [6.07, 6.45) is 0.162. The summed E-state index contributed by atoms with van der Waals surface area (Å²) in [6.45, 7) is 0.529. The molecule has 2 aromatic carbocycles. The normalized spacial score (nSPS) is 11.7. The third-order valence-corrected chi connectivity index (χ3v) is 3.06. The smallest absolute Gasteiger partial charge is 0.408 e. The Morgan fingerprint density at radius 3 is 2.19 bits per heavy atom. The number of hydrogen-bond donors (Lipinski definition) is 2. The second-order valence-electron chi connectivity index (χ2n) is 4.80. The lowest BCUT2D eigenvalue weighted by Gasteiger charge is -2.13. The summed E-state index contributed by atoms with van der Waals surface area (Å²) in [5.74, 6) is 0. The van der Waals surface area contributed by atoms with Crippen LogP contribution >= 0.6 is 0 Å². The maximum atomic E-state index is 11.6. The molecule has 4 heteroatoms. The number of alkyl carbamates (subject to hydrolysis) is 1. The van der Waals surface area contributed by atoms with E-state index in [0.29, 0.717) is 13.0 Å². The lowest BCUT2D eigenvalue weighted by atomic mass is 10.1. The van der Waals surface area contributed by atoms with E-state index in [-0.39, 0.29) is 0 Å². The molecule has 0 bridgehead atoms. The van der Waals surface area contributed by atoms with Crippen molar-refractivity contribution in [3.8, 4) is 0 Å². The fourth-order valence-electron chi connectivity index (χ4n) is 2.02. The summed E-state index contributed by atoms with van der Waals surface area (Å²) in [6, 6.07) is 19.7. The van der Waals surface area contributed by atoms with Crippen molar-refractivity contribution in [3.05, 3.63) is 71.8 Å². The standard InChI is InChI=1S/C17H20N2O2/c18-16(13-15-9-5-2-6-10-15)21-17(20)19-12-11-14-7-3-1-4-8-14/h1-10,16H,11-13,18H2,(H,19,20). The van der Waals surface area contributed by atoms with E-state index in [2.05, 4.69) is 5.32 Å². The summed E-state index contributed by atoms with van der Waals surface area (Å²) >= 11 is 0. The molecule has 2 aromatic rings. The van der Waals surface area contributed by atoms with Crippen LogP contribution in [0.3, 0.4) is 0 Å². The first-order valence-electron chi connectivity index (χ1n) is 7.02. The summed E-state index contributed by atoms with van der Waals surface area (Å²) in [7, 11) is 0. The number of rotatable bonds is 6. The van der Waals surface area contributed by atoms with Crippen molar-refractivity contribution in [2.45, 2.75) is 19.1 Å². The molecule has 3 N–H and O–H groups in total. The van der Waals surface area contributed by atoms with Gasteiger partial charge in [0.2, 0.25) is 0 Å². The van der Waals surface area contributed by atoms with Crippen molar-refractivity contribution >= 4 is 6.09 Å². The zero-order valence-electron chi connectivity index (χ0n) is 11.9. The first kappa shape index (κ1) is 15.1. The topological polar surface area (TPSA) is 64.3 Å². The lowest BCUT2D eigenvalue weighted by molar-refractivity contribution is 0.101. The lowest BCUT2D eigenvalue weighted by Crippen LogP contribution is -2.35. The van der Waals surface area contributed by atoms with E-state index < -0.39 is 12.3 Å². The minimum atomic E-state index is -0.635. The number of ether oxygens (including phenoxy) is 1. The maximum Gasteiger partial charge on any atom is 0.408 e. The summed E-state index contributed by atoms with van der Waals surface area (Å²) in [5.41, 5.74) is 8.02. The average Bonchev–Trinajstić information content (AvgIpc) is 2.49. The molecule has 0 aliphatic heterocycles. The Morgan fingerprint density at radius 1 is 1.00 bits per heavy atom. The molecule has 0 fully saturated rings. The molecule has 0 aromatic heterocycles. The van der Waals surface area contributed by atoms with Crippen molar-refractivity contribution in [2.75, 3.05) is 6.54 Å². The predicted octanol–water partition coefficient (Wildman–Crippen LogP) is 2.48. The van der Waals surface area contributed by atoms with Gasteiger partial charge in [-0.15, -0.1) is 0 Å². The van der Waals surface area contributed by atoms with E-state index in [1.807, 2.05) is 60.7 Å². The molecule has 110 valence electrons. The average molecular weight is 284 g/mol. The molecule has 0 heterocycles. The number of hydrogen-bond acceptors (Lipinski definition) is 3. The van der Waals surface area contributed by atoms with Gasteiger partial charge in [0, 0.05) is 13.0 Å². The number of amides is 1. The Morgan fingerprint density at radius 2 is 1.57 bits per heavy atom. The van der Waals surface area contributed by atoms with Gasteiger partial charge in [0.1, 0.15) is 0 Å². The van der Waals surface area contributed by atoms with Gasteiger partial charge in [0.05, 0.1) is 0 Å². The van der Waals surface area contributed by atoms with Gasteiger partial charge in [-0.2, -0.15) is 0 Å². The van der Waals surface area contributed by atoms with Crippen LogP contribution < -0.4 is 11.1 Å². The molecular formula is C17H20N2O2. The van der Waals surface area contributed by atoms with Crippen molar-refractivity contribution < 1.29 is 9.53 Å². The van der Waals surface area contributed by atoms with Crippen molar-refractivity contribution in [1.29, 1.82) is 0 Å². The van der Waals surface area contributed by atoms with Gasteiger partial charge >= 0.3 is 6.09 Å². The molecule has 4 nitrogen and oxygen atoms in total. The fraction of sp³-hybridized carbons (Fsp3) is 0.235. The molecule has 0 aliphatic carbocycles. The van der Waals surface area contributed by atoms with Crippen LogP contribution in [-0.4, -0.2) is 18.9 Å². The van der Waals surface area contributed by atoms with Gasteiger partial charge in [-0.1, -0.05) is 60.7 Å². The Bertz CT molecular complexity index is 543. The van der Waals surface area contributed by atoms with E-state index in [9.17, 15) is 4.79 Å². The molecule has 2 rings (SSSR count). The van der Waals surface area contributed by atoms with Crippen molar-refractivity contribution in [1.82, 2.24) is 5.32 Å². The maximum absolute atomic E-state index is 11.6. The van der Waals surface area contributed by atoms with E-state index >= 15 is 0 Å². The highest BCUT2D eigenvalue weighted by atomic mass is 16.6. The molecule has 0 saturated heterocycles. The van der Waals surface area contributed by atoms with Crippen LogP contribution in [0.1, 0.15) is 11.1 Å². The zero-order chi connectivity index (χ0) is 14.9. The molecule has 1 amide bonds. The Kier molecular flexibility index (Phi) is 5.79. The highest BCUT2D eigenvalue weighted by Crippen LogP contribution is 2.03. The molecule has 0 aliphatic rings. The third-order valence-electron chi connectivity index (χ3n) is 3.06. The highest BCUT2D eigenvalue weighted by molar-refractivity contribution is 5.67. The van der Waals surface area contributed by atoms with Gasteiger partial charge in [-0.25, -0.2) is 4.79 Å². The van der Waals surface area contributed by atoms with Crippen LogP contribution in [0.4, 0.5) is 4.79 Å². The van der Waals surface area contributed by atoms with Crippen LogP contribution in [0.5, 0.6) is 0 Å². The summed E-state index contributed by atoms with van der Waals surface area (Å²) < 4.78 is 5.12. The van der Waals surface area contributed by atoms with E-state index in [0.717, 1.165) is 12.0 Å². The largest absolute Gasteiger partial charge is 0.430 e. The van der Waals surface area contributed by atoms with Crippen LogP contribution in [0.2, 0.25) is 0 Å². The van der Waals surface area contributed by atoms with Gasteiger partial charge in [-0.05, 0) is 17.5 Å². The summed E-state index contributed by atoms with van der Waals surface area (Å²) in [4.78, 5) is 11.6. The third kappa shape index (κ3) is 5.67. The van der Waals surface area contributed by atoms with Gasteiger partial charge < -0.3 is 10.1 Å². The van der Waals surface area contributed by atoms with Gasteiger partial charge in [0.15, 0.2) is 6.23 Å². The predicted molar refractivity (Wildman–Crippen MR) is 82.8 cm³/mol. The highest BCUT2D eigenvalue weighted by Gasteiger charge is 2.09. The van der Waals surface area contributed by atoms with Gasteiger partial charge in [-0.3, -0.25) is 5.73 Å². The molecular weight excluding hydrogens is 264 g/mol. The number of carbonyl (C=O) groups excluding carboxylic acids is 1.